The normalized spacial score (nSPS) is 11.3. The van der Waals surface area contributed by atoms with Gasteiger partial charge in [-0.25, -0.2) is 27.3 Å². The largest absolute Gasteiger partial charge is 0.496 e. The number of benzene rings is 2. The Morgan fingerprint density at radius 1 is 1.11 bits per heavy atom. The van der Waals surface area contributed by atoms with Gasteiger partial charge in [0.2, 0.25) is 10.0 Å². The highest BCUT2D eigenvalue weighted by Crippen LogP contribution is 2.30. The average Bonchev–Trinajstić information content (AvgIpc) is 3.33. The number of nitrogens with two attached hydrogens (primary N) is 1. The van der Waals surface area contributed by atoms with Crippen LogP contribution in [0.1, 0.15) is 43.4 Å². The van der Waals surface area contributed by atoms with Crippen molar-refractivity contribution in [3.63, 3.8) is 0 Å². The quantitative estimate of drug-likeness (QED) is 0.332. The zero-order chi connectivity index (χ0) is 28.0. The summed E-state index contributed by atoms with van der Waals surface area (Å²) in [6, 6.07) is 6.34. The first-order chi connectivity index (χ1) is 17.9. The van der Waals surface area contributed by atoms with Crippen LogP contribution < -0.4 is 14.6 Å². The van der Waals surface area contributed by atoms with Crippen LogP contribution in [0.2, 0.25) is 0 Å². The highest BCUT2D eigenvalue weighted by atomic mass is 32.2. The van der Waals surface area contributed by atoms with Crippen molar-refractivity contribution in [1.29, 1.82) is 0 Å². The lowest BCUT2D eigenvalue weighted by Gasteiger charge is -2.23. The van der Waals surface area contributed by atoms with Crippen molar-refractivity contribution in [1.82, 2.24) is 9.88 Å². The van der Waals surface area contributed by atoms with Crippen molar-refractivity contribution in [2.24, 2.45) is 5.14 Å². The molecule has 0 saturated heterocycles. The number of ether oxygens (including phenoxy) is 2. The maximum atomic E-state index is 14.1. The lowest BCUT2D eigenvalue weighted by molar-refractivity contribution is 0.0740. The summed E-state index contributed by atoms with van der Waals surface area (Å²) < 4.78 is 61.0. The van der Waals surface area contributed by atoms with Crippen LogP contribution >= 0.6 is 11.3 Å². The van der Waals surface area contributed by atoms with Crippen LogP contribution in [0.5, 0.6) is 11.5 Å². The minimum atomic E-state index is -4.03. The molecule has 3 aromatic rings. The molecule has 0 fully saturated rings. The molecule has 1 amide bonds. The molecule has 0 unspecified atom stereocenters. The van der Waals surface area contributed by atoms with Crippen LogP contribution in [-0.4, -0.2) is 56.5 Å². The van der Waals surface area contributed by atoms with Gasteiger partial charge >= 0.3 is 0 Å². The van der Waals surface area contributed by atoms with Gasteiger partial charge in [-0.3, -0.25) is 9.59 Å². The number of primary sulfonamides is 1. The third-order valence-electron chi connectivity index (χ3n) is 5.66. The monoisotopic (exact) mass is 567 g/mol. The summed E-state index contributed by atoms with van der Waals surface area (Å²) in [6.45, 7) is 1.91. The van der Waals surface area contributed by atoms with Crippen molar-refractivity contribution in [3.8, 4) is 11.5 Å². The van der Waals surface area contributed by atoms with E-state index in [1.165, 1.54) is 24.5 Å². The molecule has 0 spiro atoms. The molecule has 204 valence electrons. The number of nitrogens with zero attached hydrogens (tertiary/aromatic N) is 2. The molecule has 2 N–H and O–H groups in total. The fourth-order valence-electron chi connectivity index (χ4n) is 3.77. The van der Waals surface area contributed by atoms with Crippen molar-refractivity contribution in [3.05, 3.63) is 74.7 Å². The van der Waals surface area contributed by atoms with E-state index in [1.807, 2.05) is 0 Å². The summed E-state index contributed by atoms with van der Waals surface area (Å²) >= 11 is 1.08. The molecule has 0 saturated carbocycles. The molecule has 0 radical (unpaired) electrons. The van der Waals surface area contributed by atoms with Crippen LogP contribution in [0.15, 0.2) is 35.7 Å². The molecule has 1 aromatic heterocycles. The van der Waals surface area contributed by atoms with Crippen molar-refractivity contribution in [2.75, 3.05) is 26.5 Å². The molecule has 0 bridgehead atoms. The molecule has 9 nitrogen and oxygen atoms in total. The van der Waals surface area contributed by atoms with E-state index >= 15 is 0 Å². The van der Waals surface area contributed by atoms with Crippen LogP contribution in [0.4, 0.5) is 8.78 Å². The number of ketones is 1. The van der Waals surface area contributed by atoms with Crippen LogP contribution in [-0.2, 0) is 23.0 Å². The van der Waals surface area contributed by atoms with E-state index in [0.717, 1.165) is 29.5 Å². The van der Waals surface area contributed by atoms with Gasteiger partial charge in [-0.1, -0.05) is 0 Å². The summed E-state index contributed by atoms with van der Waals surface area (Å²) in [5.41, 5.74) is 1.08. The molecule has 0 aliphatic heterocycles. The van der Waals surface area contributed by atoms with Gasteiger partial charge in [-0.05, 0) is 55.7 Å². The fraction of sp³-hybridized carbons (Fsp3) is 0.320. The van der Waals surface area contributed by atoms with Crippen LogP contribution in [0.25, 0.3) is 0 Å². The number of sulfonamides is 1. The molecule has 13 heteroatoms. The Morgan fingerprint density at radius 3 is 2.37 bits per heavy atom. The van der Waals surface area contributed by atoms with Crippen LogP contribution in [0, 0.1) is 18.6 Å². The number of carbonyl (C=O) groups is 2. The molecule has 38 heavy (non-hydrogen) atoms. The topological polar surface area (TPSA) is 129 Å². The average molecular weight is 568 g/mol. The number of methoxy groups -OCH3 is 2. The van der Waals surface area contributed by atoms with E-state index < -0.39 is 39.1 Å². The van der Waals surface area contributed by atoms with Gasteiger partial charge in [-0.15, -0.1) is 11.3 Å². The molecule has 3 rings (SSSR count). The minimum absolute atomic E-state index is 0.0176. The number of carbonyl (C=O) groups excluding carboxylic acids is 2. The highest BCUT2D eigenvalue weighted by Gasteiger charge is 2.23. The second-order valence-electron chi connectivity index (χ2n) is 8.43. The van der Waals surface area contributed by atoms with Crippen molar-refractivity contribution >= 4 is 33.1 Å². The van der Waals surface area contributed by atoms with Gasteiger partial charge < -0.3 is 14.4 Å². The second-order valence-corrected chi connectivity index (χ2v) is 11.0. The molecule has 0 aliphatic carbocycles. The lowest BCUT2D eigenvalue weighted by Crippen LogP contribution is -2.32. The Morgan fingerprint density at radius 2 is 1.76 bits per heavy atom. The minimum Gasteiger partial charge on any atom is -0.496 e. The number of thiazole rings is 1. The number of aromatic nitrogens is 1. The third-order valence-corrected chi connectivity index (χ3v) is 7.16. The maximum absolute atomic E-state index is 14.1. The summed E-state index contributed by atoms with van der Waals surface area (Å²) in [7, 11) is -1.09. The lowest BCUT2D eigenvalue weighted by atomic mass is 10.1. The van der Waals surface area contributed by atoms with E-state index in [9.17, 15) is 26.8 Å². The van der Waals surface area contributed by atoms with Crippen LogP contribution in [0.3, 0.4) is 0 Å². The zero-order valence-electron chi connectivity index (χ0n) is 21.0. The molecule has 0 aliphatic rings. The van der Waals surface area contributed by atoms with E-state index in [2.05, 4.69) is 4.98 Å². The number of hydrogen-bond acceptors (Lipinski definition) is 8. The predicted octanol–water partition coefficient (Wildman–Crippen LogP) is 3.49. The van der Waals surface area contributed by atoms with E-state index in [1.54, 1.807) is 19.1 Å². The molecular formula is C25H27F2N3O6S2. The molecule has 2 aromatic carbocycles. The summed E-state index contributed by atoms with van der Waals surface area (Å²) in [6.07, 6.45) is 0.471. The van der Waals surface area contributed by atoms with Gasteiger partial charge in [0.25, 0.3) is 5.91 Å². The Bertz CT molecular complexity index is 1420. The van der Waals surface area contributed by atoms with E-state index in [-0.39, 0.29) is 36.3 Å². The number of amides is 1. The zero-order valence-corrected chi connectivity index (χ0v) is 22.6. The van der Waals surface area contributed by atoms with Gasteiger partial charge in [-0.2, -0.15) is 0 Å². The Labute approximate surface area is 223 Å². The van der Waals surface area contributed by atoms with Gasteiger partial charge in [0.05, 0.1) is 20.8 Å². The molecule has 0 atom stereocenters. The number of aryl methyl sites for hydroxylation is 1. The first-order valence-corrected chi connectivity index (χ1v) is 13.9. The smallest absolute Gasteiger partial charge is 0.254 e. The number of rotatable bonds is 12. The van der Waals surface area contributed by atoms with Gasteiger partial charge in [0.1, 0.15) is 39.6 Å². The maximum Gasteiger partial charge on any atom is 0.254 e. The fourth-order valence-corrected chi connectivity index (χ4v) is 5.10. The number of hydrogen-bond donors (Lipinski definition) is 1. The predicted molar refractivity (Wildman–Crippen MR) is 138 cm³/mol. The van der Waals surface area contributed by atoms with Crippen molar-refractivity contribution in [2.45, 2.75) is 26.3 Å². The Balaban J connectivity index is 1.87. The SMILES string of the molecule is COc1cc(C(=O)N(CCCc2cc(F)ccc2F)Cc2nc(C(=O)CS(N)(=O)=O)cs2)cc(OC)c1C. The first kappa shape index (κ1) is 29.1. The van der Waals surface area contributed by atoms with E-state index in [4.69, 9.17) is 14.6 Å². The summed E-state index contributed by atoms with van der Waals surface area (Å²) in [5.74, 6) is -2.28. The number of halogens is 2. The summed E-state index contributed by atoms with van der Waals surface area (Å²) in [5, 5.41) is 6.72. The number of Topliss-reactive ketones (excluding diaryl/α,β-unsaturated/α-hetero) is 1. The second kappa shape index (κ2) is 12.4. The molecule has 1 heterocycles. The van der Waals surface area contributed by atoms with E-state index in [0.29, 0.717) is 28.5 Å². The van der Waals surface area contributed by atoms with Gasteiger partial charge in [0, 0.05) is 23.1 Å². The van der Waals surface area contributed by atoms with Gasteiger partial charge in [0.15, 0.2) is 5.78 Å². The Kier molecular flexibility index (Phi) is 9.52. The van der Waals surface area contributed by atoms with Crippen molar-refractivity contribution < 1.29 is 36.3 Å². The molecular weight excluding hydrogens is 540 g/mol. The summed E-state index contributed by atoms with van der Waals surface area (Å²) in [4.78, 5) is 31.4. The standard InChI is InChI=1S/C25H27F2N3O6S2/c1-15-22(35-2)10-17(11-23(15)36-3)25(32)30(8-4-5-16-9-18(26)6-7-19(16)27)12-24-29-20(13-37-24)21(31)14-38(28,33)34/h6-7,9-11,13H,4-5,8,12,14H2,1-3H3,(H2,28,33,34). The third kappa shape index (κ3) is 7.55. The first-order valence-electron chi connectivity index (χ1n) is 11.4. The highest BCUT2D eigenvalue weighted by molar-refractivity contribution is 7.89. The Hall–Kier alpha value is -3.42.